The van der Waals surface area contributed by atoms with E-state index in [0.717, 1.165) is 30.0 Å². The molecule has 2 aliphatic heterocycles. The second-order valence-electron chi connectivity index (χ2n) is 7.85. The maximum absolute atomic E-state index is 12.8. The highest BCUT2D eigenvalue weighted by Crippen LogP contribution is 2.20. The molecule has 2 aliphatic rings. The summed E-state index contributed by atoms with van der Waals surface area (Å²) in [5.74, 6) is 0.0815. The van der Waals surface area contributed by atoms with Crippen LogP contribution in [0.4, 0.5) is 0 Å². The van der Waals surface area contributed by atoms with E-state index in [0.29, 0.717) is 45.7 Å². The van der Waals surface area contributed by atoms with Crippen LogP contribution in [0.5, 0.6) is 0 Å². The molecule has 1 aromatic heterocycles. The standard InChI is InChI=1S/C19H32N4O3/c1-15-17(16(2)21(3)20-15)6-7-18(24)23-10-11-26-14-19(25,13-23)12-22-8-4-5-9-22/h25H,4-14H2,1-3H3/t19-/m0/s1. The molecular weight excluding hydrogens is 332 g/mol. The molecule has 26 heavy (non-hydrogen) atoms. The molecule has 0 aliphatic carbocycles. The quantitative estimate of drug-likeness (QED) is 0.831. The summed E-state index contributed by atoms with van der Waals surface area (Å²) < 4.78 is 7.49. The van der Waals surface area contributed by atoms with E-state index in [2.05, 4.69) is 10.00 Å². The Balaban J connectivity index is 1.60. The number of aliphatic hydroxyl groups is 1. The predicted molar refractivity (Wildman–Crippen MR) is 99.0 cm³/mol. The van der Waals surface area contributed by atoms with E-state index in [4.69, 9.17) is 4.74 Å². The van der Waals surface area contributed by atoms with Crippen LogP contribution in [0.15, 0.2) is 0 Å². The van der Waals surface area contributed by atoms with Gasteiger partial charge in [0.1, 0.15) is 5.60 Å². The number of carbonyl (C=O) groups excluding carboxylic acids is 1. The number of nitrogens with zero attached hydrogens (tertiary/aromatic N) is 4. The second kappa shape index (κ2) is 8.06. The number of hydrogen-bond acceptors (Lipinski definition) is 5. The Morgan fingerprint density at radius 1 is 1.27 bits per heavy atom. The van der Waals surface area contributed by atoms with E-state index in [1.807, 2.05) is 25.6 Å². The molecule has 2 fully saturated rings. The van der Waals surface area contributed by atoms with Crippen LogP contribution in [0.1, 0.15) is 36.2 Å². The van der Waals surface area contributed by atoms with Crippen molar-refractivity contribution in [3.05, 3.63) is 17.0 Å². The molecule has 3 heterocycles. The summed E-state index contributed by atoms with van der Waals surface area (Å²) in [6.45, 7) is 8.34. The molecule has 7 heteroatoms. The van der Waals surface area contributed by atoms with Crippen molar-refractivity contribution < 1.29 is 14.6 Å². The average molecular weight is 364 g/mol. The Morgan fingerprint density at radius 2 is 2.00 bits per heavy atom. The van der Waals surface area contributed by atoms with E-state index >= 15 is 0 Å². The third-order valence-corrected chi connectivity index (χ3v) is 5.68. The highest BCUT2D eigenvalue weighted by atomic mass is 16.5. The van der Waals surface area contributed by atoms with Gasteiger partial charge < -0.3 is 19.6 Å². The van der Waals surface area contributed by atoms with E-state index in [1.165, 1.54) is 12.8 Å². The fourth-order valence-electron chi connectivity index (χ4n) is 4.15. The van der Waals surface area contributed by atoms with Crippen LogP contribution in [0.3, 0.4) is 0 Å². The normalized spacial score (nSPS) is 24.8. The molecule has 1 amide bonds. The molecule has 7 nitrogen and oxygen atoms in total. The van der Waals surface area contributed by atoms with Gasteiger partial charge >= 0.3 is 0 Å². The van der Waals surface area contributed by atoms with Gasteiger partial charge in [-0.15, -0.1) is 0 Å². The summed E-state index contributed by atoms with van der Waals surface area (Å²) >= 11 is 0. The SMILES string of the molecule is Cc1nn(C)c(C)c1CCC(=O)N1CCOC[C@](O)(CN2CCCC2)C1. The lowest BCUT2D eigenvalue weighted by atomic mass is 10.0. The van der Waals surface area contributed by atoms with E-state index < -0.39 is 5.60 Å². The fraction of sp³-hybridized carbons (Fsp3) is 0.789. The molecule has 0 saturated carbocycles. The summed E-state index contributed by atoms with van der Waals surface area (Å²) in [6, 6.07) is 0. The van der Waals surface area contributed by atoms with Crippen LogP contribution in [0.2, 0.25) is 0 Å². The van der Waals surface area contributed by atoms with Gasteiger partial charge in [0.2, 0.25) is 5.91 Å². The number of likely N-dealkylation sites (tertiary alicyclic amines) is 1. The first-order valence-electron chi connectivity index (χ1n) is 9.67. The topological polar surface area (TPSA) is 70.8 Å². The zero-order valence-corrected chi connectivity index (χ0v) is 16.3. The Labute approximate surface area is 155 Å². The summed E-state index contributed by atoms with van der Waals surface area (Å²) in [7, 11) is 1.93. The van der Waals surface area contributed by atoms with Crippen molar-refractivity contribution in [2.45, 2.75) is 45.1 Å². The summed E-state index contributed by atoms with van der Waals surface area (Å²) in [6.07, 6.45) is 3.49. The van der Waals surface area contributed by atoms with Gasteiger partial charge in [-0.2, -0.15) is 5.10 Å². The number of rotatable bonds is 5. The Hall–Kier alpha value is -1.44. The number of carbonyl (C=O) groups is 1. The first-order valence-corrected chi connectivity index (χ1v) is 9.67. The van der Waals surface area contributed by atoms with Gasteiger partial charge in [0.15, 0.2) is 0 Å². The molecule has 3 rings (SSSR count). The first kappa shape index (κ1) is 19.3. The minimum absolute atomic E-state index is 0.0815. The maximum atomic E-state index is 12.8. The van der Waals surface area contributed by atoms with Crippen molar-refractivity contribution in [3.63, 3.8) is 0 Å². The molecule has 0 spiro atoms. The third-order valence-electron chi connectivity index (χ3n) is 5.68. The van der Waals surface area contributed by atoms with Gasteiger partial charge in [-0.3, -0.25) is 9.48 Å². The molecule has 0 unspecified atom stereocenters. The number of aryl methyl sites for hydroxylation is 2. The van der Waals surface area contributed by atoms with Crippen LogP contribution in [-0.4, -0.2) is 82.1 Å². The van der Waals surface area contributed by atoms with Crippen LogP contribution in [-0.2, 0) is 23.0 Å². The molecule has 1 N–H and O–H groups in total. The summed E-state index contributed by atoms with van der Waals surface area (Å²) in [4.78, 5) is 16.9. The number of β-amino-alcohol motifs (C(OH)–C–C–N with tert-alkyl or cyclic N) is 1. The minimum atomic E-state index is -0.976. The van der Waals surface area contributed by atoms with Gasteiger partial charge in [-0.1, -0.05) is 0 Å². The van der Waals surface area contributed by atoms with Gasteiger partial charge in [0.05, 0.1) is 25.5 Å². The minimum Gasteiger partial charge on any atom is -0.384 e. The van der Waals surface area contributed by atoms with E-state index in [9.17, 15) is 9.90 Å². The monoisotopic (exact) mass is 364 g/mol. The van der Waals surface area contributed by atoms with Gasteiger partial charge in [-0.25, -0.2) is 0 Å². The number of ether oxygens (including phenoxy) is 1. The van der Waals surface area contributed by atoms with Crippen molar-refractivity contribution in [2.75, 3.05) is 45.9 Å². The molecule has 1 aromatic rings. The van der Waals surface area contributed by atoms with Crippen LogP contribution in [0, 0.1) is 13.8 Å². The maximum Gasteiger partial charge on any atom is 0.223 e. The molecule has 1 atom stereocenters. The molecule has 146 valence electrons. The van der Waals surface area contributed by atoms with Gasteiger partial charge in [0, 0.05) is 32.3 Å². The highest BCUT2D eigenvalue weighted by molar-refractivity contribution is 5.76. The molecular formula is C19H32N4O3. The number of amides is 1. The van der Waals surface area contributed by atoms with Crippen LogP contribution in [0.25, 0.3) is 0 Å². The van der Waals surface area contributed by atoms with Crippen molar-refractivity contribution in [1.82, 2.24) is 19.6 Å². The summed E-state index contributed by atoms with van der Waals surface area (Å²) in [5.41, 5.74) is 2.28. The molecule has 0 aromatic carbocycles. The van der Waals surface area contributed by atoms with E-state index in [-0.39, 0.29) is 5.91 Å². The average Bonchev–Trinajstić information content (AvgIpc) is 3.11. The van der Waals surface area contributed by atoms with Crippen molar-refractivity contribution in [3.8, 4) is 0 Å². The molecule has 0 bridgehead atoms. The Morgan fingerprint density at radius 3 is 2.65 bits per heavy atom. The predicted octanol–water partition coefficient (Wildman–Crippen LogP) is 0.655. The molecule has 0 radical (unpaired) electrons. The number of aromatic nitrogens is 2. The largest absolute Gasteiger partial charge is 0.384 e. The lowest BCUT2D eigenvalue weighted by Gasteiger charge is -2.34. The Bertz CT molecular complexity index is 639. The van der Waals surface area contributed by atoms with Crippen molar-refractivity contribution in [2.24, 2.45) is 7.05 Å². The van der Waals surface area contributed by atoms with Gasteiger partial charge in [0.25, 0.3) is 0 Å². The third kappa shape index (κ3) is 4.45. The zero-order chi connectivity index (χ0) is 18.7. The number of hydrogen-bond donors (Lipinski definition) is 1. The lowest BCUT2D eigenvalue weighted by Crippen LogP contribution is -2.53. The first-order chi connectivity index (χ1) is 12.4. The van der Waals surface area contributed by atoms with Crippen molar-refractivity contribution >= 4 is 5.91 Å². The lowest BCUT2D eigenvalue weighted by molar-refractivity contribution is -0.134. The molecule has 2 saturated heterocycles. The smallest absolute Gasteiger partial charge is 0.223 e. The van der Waals surface area contributed by atoms with Crippen LogP contribution < -0.4 is 0 Å². The fourth-order valence-corrected chi connectivity index (χ4v) is 4.15. The van der Waals surface area contributed by atoms with Crippen LogP contribution >= 0.6 is 0 Å². The Kier molecular flexibility index (Phi) is 5.99. The second-order valence-corrected chi connectivity index (χ2v) is 7.85. The van der Waals surface area contributed by atoms with Crippen molar-refractivity contribution in [1.29, 1.82) is 0 Å². The highest BCUT2D eigenvalue weighted by Gasteiger charge is 2.36. The summed E-state index contributed by atoms with van der Waals surface area (Å²) in [5, 5.41) is 15.5. The zero-order valence-electron chi connectivity index (χ0n) is 16.3. The van der Waals surface area contributed by atoms with Gasteiger partial charge in [-0.05, 0) is 51.8 Å². The van der Waals surface area contributed by atoms with E-state index in [1.54, 1.807) is 4.90 Å².